The van der Waals surface area contributed by atoms with E-state index in [1.165, 1.54) is 10.9 Å². The first kappa shape index (κ1) is 74.8. The highest BCUT2D eigenvalue weighted by Gasteiger charge is 2.18. The van der Waals surface area contributed by atoms with Gasteiger partial charge >= 0.3 is 0 Å². The molecule has 0 saturated heterocycles. The third-order valence-corrected chi connectivity index (χ3v) is 16.1. The number of nitrogens with zero attached hydrogens (tertiary/aromatic N) is 16. The molecule has 3 unspecified atom stereocenters. The van der Waals surface area contributed by atoms with E-state index in [2.05, 4.69) is 156 Å². The number of carbonyl (C=O) groups is 2. The second kappa shape index (κ2) is 40.5. The molecule has 0 aliphatic heterocycles. The summed E-state index contributed by atoms with van der Waals surface area (Å²) < 4.78 is 3.16. The standard InChI is InChI=1S/C28H22N6.C11H9N3O.C11H11N3.C11H10N2O.C11H8N2O.C6H5NO.C5H4BrN/c1-34-14-8-19-4-5-21(15-26(19)34)24-16-23(17-25-28(24)32-13-12-31-25)33-27(20-6-10-29-11-7-20)22-3-2-9-30-18-22;15-14-11(9-3-6-12-7-4-9)10-2-1-5-13-8-10;12-11(9-3-6-13-7-4-9)10-2-1-5-14-8-10;2*14-11(9-3-6-12-7-4-9)10-2-1-5-13-8-10;8-5-6-1-3-7-4-2-6;6-5-2-1-3-7-4-5/h2-18,27,33H,1H3;1-8,15H;1-8,11H,12H2;1-8,11,14H;1-8H;1-5H;1-4H/b;14-11+;;;;;. The molecule has 3 atom stereocenters. The number of ketones is 1. The molecule has 0 amide bonds. The van der Waals surface area contributed by atoms with Crippen molar-refractivity contribution in [2.75, 3.05) is 5.32 Å². The molecule has 2 aromatic carbocycles. The number of hydrogen-bond donors (Lipinski definition) is 4. The molecule has 0 saturated carbocycles. The number of rotatable bonds is 14. The first-order valence-corrected chi connectivity index (χ1v) is 33.6. The van der Waals surface area contributed by atoms with Crippen LogP contribution in [-0.4, -0.2) is 102 Å². The van der Waals surface area contributed by atoms with Crippen LogP contribution in [0.4, 0.5) is 5.69 Å². The summed E-state index contributed by atoms with van der Waals surface area (Å²) in [6.45, 7) is 0. The molecular formula is C83H69BrN18O4. The smallest absolute Gasteiger partial charge is 0.194 e. The summed E-state index contributed by atoms with van der Waals surface area (Å²) in [5.41, 5.74) is 21.9. The number of anilines is 1. The molecule has 16 aromatic rings. The summed E-state index contributed by atoms with van der Waals surface area (Å²) >= 11 is 3.25. The minimum absolute atomic E-state index is 0.0273. The number of fused-ring (bicyclic) bond motifs is 2. The van der Waals surface area contributed by atoms with Gasteiger partial charge in [-0.15, -0.1) is 0 Å². The van der Waals surface area contributed by atoms with Crippen LogP contribution in [0.2, 0.25) is 0 Å². The number of hydrogen-bond acceptors (Lipinski definition) is 21. The number of carbonyl (C=O) groups excluding carboxylic acids is 2. The highest BCUT2D eigenvalue weighted by Crippen LogP contribution is 2.35. The van der Waals surface area contributed by atoms with Gasteiger partial charge in [-0.25, -0.2) is 0 Å². The van der Waals surface area contributed by atoms with E-state index in [0.717, 1.165) is 83.1 Å². The van der Waals surface area contributed by atoms with Crippen LogP contribution in [-0.2, 0) is 7.05 Å². The van der Waals surface area contributed by atoms with Gasteiger partial charge in [0.05, 0.1) is 23.1 Å². The van der Waals surface area contributed by atoms with Crippen molar-refractivity contribution >= 4 is 61.3 Å². The highest BCUT2D eigenvalue weighted by atomic mass is 79.9. The number of aldehydes is 1. The fourth-order valence-corrected chi connectivity index (χ4v) is 10.6. The Hall–Kier alpha value is -13.9. The van der Waals surface area contributed by atoms with Crippen LogP contribution in [0.15, 0.2) is 359 Å². The molecule has 106 heavy (non-hydrogen) atoms. The number of pyridine rings is 12. The van der Waals surface area contributed by atoms with E-state index in [-0.39, 0.29) is 17.9 Å². The van der Waals surface area contributed by atoms with Crippen LogP contribution in [0.3, 0.4) is 0 Å². The van der Waals surface area contributed by atoms with Crippen LogP contribution >= 0.6 is 15.9 Å². The number of nitrogens with one attached hydrogen (secondary N) is 1. The molecular weight excluding hydrogens is 1390 g/mol. The third kappa shape index (κ3) is 22.3. The number of aryl methyl sites for hydroxylation is 1. The predicted octanol–water partition coefficient (Wildman–Crippen LogP) is 15.0. The first-order valence-electron chi connectivity index (χ1n) is 32.8. The van der Waals surface area contributed by atoms with Crippen LogP contribution < -0.4 is 11.1 Å². The Balaban J connectivity index is 0.000000142. The fraction of sp³-hybridized carbons (Fsp3) is 0.0482. The van der Waals surface area contributed by atoms with Gasteiger partial charge < -0.3 is 25.9 Å². The molecule has 0 aliphatic carbocycles. The number of aromatic nitrogens is 15. The molecule has 0 spiro atoms. The Morgan fingerprint density at radius 2 is 0.953 bits per heavy atom. The molecule has 14 aromatic heterocycles. The zero-order valence-corrected chi connectivity index (χ0v) is 58.6. The molecule has 16 rings (SSSR count). The monoisotopic (exact) mass is 1460 g/mol. The topological polar surface area (TPSA) is 310 Å². The molecule has 0 bridgehead atoms. The normalized spacial score (nSPS) is 11.3. The van der Waals surface area contributed by atoms with Gasteiger partial charge in [-0.1, -0.05) is 35.5 Å². The van der Waals surface area contributed by atoms with Crippen LogP contribution in [0.5, 0.6) is 0 Å². The zero-order valence-electron chi connectivity index (χ0n) is 57.0. The number of oxime groups is 1. The molecule has 0 fully saturated rings. The molecule has 0 radical (unpaired) electrons. The van der Waals surface area contributed by atoms with Crippen LogP contribution in [0.1, 0.15) is 89.0 Å². The lowest BCUT2D eigenvalue weighted by molar-refractivity contribution is 0.103. The van der Waals surface area contributed by atoms with Crippen molar-refractivity contribution in [1.29, 1.82) is 0 Å². The maximum Gasteiger partial charge on any atom is 0.194 e. The second-order valence-electron chi connectivity index (χ2n) is 22.6. The van der Waals surface area contributed by atoms with Crippen molar-refractivity contribution in [2.45, 2.75) is 18.2 Å². The summed E-state index contributed by atoms with van der Waals surface area (Å²) in [6.07, 6.45) is 46.4. The van der Waals surface area contributed by atoms with Gasteiger partial charge in [-0.2, -0.15) is 0 Å². The average molecular weight is 1460 g/mol. The highest BCUT2D eigenvalue weighted by molar-refractivity contribution is 9.10. The van der Waals surface area contributed by atoms with Gasteiger partial charge in [0.15, 0.2) is 5.78 Å². The number of benzene rings is 2. The van der Waals surface area contributed by atoms with Crippen molar-refractivity contribution in [3.05, 3.63) is 415 Å². The van der Waals surface area contributed by atoms with E-state index in [1.807, 2.05) is 85.3 Å². The SMILES string of the molecule is Brc1cccnc1.Cn1ccc2ccc(-c3cc(NC(c4ccncc4)c4cccnc4)cc4nccnc34)cc21.NC(c1ccncc1)c1cccnc1.O/N=C(\c1ccncc1)c1cccnc1.O=C(c1ccncc1)c1cccnc1.O=Cc1ccncc1.OC(c1ccncc1)c1cccnc1. The van der Waals surface area contributed by atoms with E-state index in [9.17, 15) is 14.7 Å². The van der Waals surface area contributed by atoms with Crippen molar-refractivity contribution in [3.63, 3.8) is 0 Å². The van der Waals surface area contributed by atoms with Gasteiger partial charge in [-0.05, 0) is 206 Å². The third-order valence-electron chi connectivity index (χ3n) is 15.6. The van der Waals surface area contributed by atoms with Crippen molar-refractivity contribution < 1.29 is 19.9 Å². The van der Waals surface area contributed by atoms with E-state index < -0.39 is 6.10 Å². The number of nitrogens with two attached hydrogens (primary N) is 1. The lowest BCUT2D eigenvalue weighted by atomic mass is 9.99. The minimum atomic E-state index is -0.619. The Bertz CT molecular complexity index is 4970. The summed E-state index contributed by atoms with van der Waals surface area (Å²) in [6, 6.07) is 56.8. The summed E-state index contributed by atoms with van der Waals surface area (Å²) in [5.74, 6) is -0.0273. The van der Waals surface area contributed by atoms with Crippen LogP contribution in [0, 0.1) is 0 Å². The van der Waals surface area contributed by atoms with Crippen molar-refractivity contribution in [2.24, 2.45) is 17.9 Å². The molecule has 14 heterocycles. The van der Waals surface area contributed by atoms with E-state index in [4.69, 9.17) is 10.9 Å². The molecule has 23 heteroatoms. The molecule has 5 N–H and O–H groups in total. The van der Waals surface area contributed by atoms with Gasteiger partial charge in [0.25, 0.3) is 0 Å². The van der Waals surface area contributed by atoms with Gasteiger partial charge in [-0.3, -0.25) is 79.4 Å². The Kier molecular flexibility index (Phi) is 28.6. The molecule has 522 valence electrons. The van der Waals surface area contributed by atoms with E-state index >= 15 is 0 Å². The Morgan fingerprint density at radius 1 is 0.462 bits per heavy atom. The van der Waals surface area contributed by atoms with Crippen molar-refractivity contribution in [1.82, 2.24) is 74.3 Å². The summed E-state index contributed by atoms with van der Waals surface area (Å²) in [5, 5.41) is 27.1. The average Bonchev–Trinajstić information content (AvgIpc) is 1.36. The zero-order chi connectivity index (χ0) is 73.8. The fourth-order valence-electron chi connectivity index (χ4n) is 10.3. The number of halogens is 1. The van der Waals surface area contributed by atoms with Gasteiger partial charge in [0.1, 0.15) is 18.1 Å². The quantitative estimate of drug-likeness (QED) is 0.0258. The number of aliphatic hydroxyl groups excluding tert-OH is 1. The maximum atomic E-state index is 11.8. The Labute approximate surface area is 619 Å². The van der Waals surface area contributed by atoms with Crippen molar-refractivity contribution in [3.8, 4) is 11.1 Å². The van der Waals surface area contributed by atoms with E-state index in [1.54, 1.807) is 215 Å². The second-order valence-corrected chi connectivity index (χ2v) is 23.5. The first-order chi connectivity index (χ1) is 52.1. The predicted molar refractivity (Wildman–Crippen MR) is 412 cm³/mol. The maximum absolute atomic E-state index is 11.8. The lowest BCUT2D eigenvalue weighted by Crippen LogP contribution is -2.13. The Morgan fingerprint density at radius 3 is 1.46 bits per heavy atom. The molecule has 22 nitrogen and oxygen atoms in total. The minimum Gasteiger partial charge on any atom is -0.410 e. The van der Waals surface area contributed by atoms with Gasteiger partial charge in [0.2, 0.25) is 0 Å². The summed E-state index contributed by atoms with van der Waals surface area (Å²) in [4.78, 5) is 78.6. The largest absolute Gasteiger partial charge is 0.410 e. The van der Waals surface area contributed by atoms with E-state index in [0.29, 0.717) is 22.4 Å². The van der Waals surface area contributed by atoms with Crippen LogP contribution in [0.25, 0.3) is 33.1 Å². The van der Waals surface area contributed by atoms with Gasteiger partial charge in [0, 0.05) is 229 Å². The lowest BCUT2D eigenvalue weighted by Gasteiger charge is -2.21. The summed E-state index contributed by atoms with van der Waals surface area (Å²) in [7, 11) is 2.06. The molecule has 0 aliphatic rings. The number of aliphatic hydroxyl groups is 1.